The lowest BCUT2D eigenvalue weighted by Crippen LogP contribution is -2.22. The molecule has 1 aromatic heterocycles. The molecule has 0 spiro atoms. The molecule has 0 aliphatic carbocycles. The van der Waals surface area contributed by atoms with Crippen LogP contribution in [0.5, 0.6) is 0 Å². The van der Waals surface area contributed by atoms with Crippen molar-refractivity contribution in [2.75, 3.05) is 6.54 Å². The fourth-order valence-corrected chi connectivity index (χ4v) is 0.826. The fourth-order valence-electron chi connectivity index (χ4n) is 0.826. The van der Waals surface area contributed by atoms with Crippen LogP contribution in [0, 0.1) is 11.9 Å². The van der Waals surface area contributed by atoms with Crippen molar-refractivity contribution in [2.24, 2.45) is 11.5 Å². The van der Waals surface area contributed by atoms with Gasteiger partial charge in [-0.05, 0) is 12.1 Å². The van der Waals surface area contributed by atoms with Crippen molar-refractivity contribution in [1.29, 1.82) is 0 Å². The summed E-state index contributed by atoms with van der Waals surface area (Å²) in [5.41, 5.74) is 10.8. The lowest BCUT2D eigenvalue weighted by molar-refractivity contribution is 0.492. The van der Waals surface area contributed by atoms with Gasteiger partial charge in [-0.2, -0.15) is 13.8 Å². The average molecular weight is 173 g/mol. The van der Waals surface area contributed by atoms with Gasteiger partial charge >= 0.3 is 0 Å². The van der Waals surface area contributed by atoms with E-state index in [0.29, 0.717) is 0 Å². The maximum Gasteiger partial charge on any atom is 0.220 e. The molecule has 1 atom stereocenters. The van der Waals surface area contributed by atoms with E-state index in [1.165, 1.54) is 6.07 Å². The minimum Gasteiger partial charge on any atom is -0.329 e. The number of aromatic nitrogens is 1. The lowest BCUT2D eigenvalue weighted by atomic mass is 10.1. The Morgan fingerprint density at radius 2 is 2.08 bits per heavy atom. The zero-order chi connectivity index (χ0) is 9.14. The lowest BCUT2D eigenvalue weighted by Gasteiger charge is -2.08. The van der Waals surface area contributed by atoms with Gasteiger partial charge in [0.05, 0.1) is 0 Å². The molecule has 4 N–H and O–H groups in total. The SMILES string of the molecule is NCC(N)c1ccc(F)nc1F. The monoisotopic (exact) mass is 173 g/mol. The van der Waals surface area contributed by atoms with Gasteiger partial charge in [0.15, 0.2) is 0 Å². The van der Waals surface area contributed by atoms with Crippen LogP contribution in [0.25, 0.3) is 0 Å². The summed E-state index contributed by atoms with van der Waals surface area (Å²) >= 11 is 0. The van der Waals surface area contributed by atoms with Crippen LogP contribution in [-0.2, 0) is 0 Å². The van der Waals surface area contributed by atoms with Crippen LogP contribution in [-0.4, -0.2) is 11.5 Å². The highest BCUT2D eigenvalue weighted by molar-refractivity contribution is 5.15. The van der Waals surface area contributed by atoms with Crippen LogP contribution in [0.2, 0.25) is 0 Å². The molecule has 0 aliphatic heterocycles. The van der Waals surface area contributed by atoms with Crippen molar-refractivity contribution in [1.82, 2.24) is 4.98 Å². The molecule has 3 nitrogen and oxygen atoms in total. The summed E-state index contributed by atoms with van der Waals surface area (Å²) in [6.07, 6.45) is 0. The highest BCUT2D eigenvalue weighted by Gasteiger charge is 2.11. The van der Waals surface area contributed by atoms with Crippen LogP contribution in [0.15, 0.2) is 12.1 Å². The Bertz CT molecular complexity index is 277. The van der Waals surface area contributed by atoms with Crippen LogP contribution in [0.4, 0.5) is 8.78 Å². The summed E-state index contributed by atoms with van der Waals surface area (Å²) in [6, 6.07) is 1.67. The smallest absolute Gasteiger partial charge is 0.220 e. The standard InChI is InChI=1S/C7H9F2N3/c8-6-2-1-4(5(11)3-10)7(9)12-6/h1-2,5H,3,10-11H2. The van der Waals surface area contributed by atoms with Crippen molar-refractivity contribution in [3.63, 3.8) is 0 Å². The molecule has 0 aromatic carbocycles. The van der Waals surface area contributed by atoms with E-state index in [-0.39, 0.29) is 12.1 Å². The summed E-state index contributed by atoms with van der Waals surface area (Å²) in [4.78, 5) is 2.97. The Morgan fingerprint density at radius 3 is 2.58 bits per heavy atom. The van der Waals surface area contributed by atoms with Gasteiger partial charge in [0, 0.05) is 18.2 Å². The van der Waals surface area contributed by atoms with E-state index in [1.807, 2.05) is 0 Å². The quantitative estimate of drug-likeness (QED) is 0.633. The van der Waals surface area contributed by atoms with E-state index in [9.17, 15) is 8.78 Å². The van der Waals surface area contributed by atoms with Crippen LogP contribution < -0.4 is 11.5 Å². The molecule has 0 radical (unpaired) electrons. The van der Waals surface area contributed by atoms with Crippen LogP contribution >= 0.6 is 0 Å². The molecule has 0 bridgehead atoms. The minimum absolute atomic E-state index is 0.101. The van der Waals surface area contributed by atoms with Gasteiger partial charge < -0.3 is 11.5 Å². The third kappa shape index (κ3) is 1.75. The zero-order valence-electron chi connectivity index (χ0n) is 6.30. The Balaban J connectivity index is 3.01. The second kappa shape index (κ2) is 3.55. The van der Waals surface area contributed by atoms with Gasteiger partial charge in [-0.3, -0.25) is 0 Å². The highest BCUT2D eigenvalue weighted by Crippen LogP contribution is 2.11. The Hall–Kier alpha value is -1.07. The molecule has 1 aromatic rings. The molecule has 0 saturated carbocycles. The van der Waals surface area contributed by atoms with Crippen molar-refractivity contribution in [2.45, 2.75) is 6.04 Å². The molecular weight excluding hydrogens is 164 g/mol. The second-order valence-electron chi connectivity index (χ2n) is 2.36. The van der Waals surface area contributed by atoms with E-state index >= 15 is 0 Å². The number of halogens is 2. The van der Waals surface area contributed by atoms with Crippen molar-refractivity contribution < 1.29 is 8.78 Å². The molecule has 0 amide bonds. The van der Waals surface area contributed by atoms with E-state index in [4.69, 9.17) is 11.5 Å². The molecule has 1 rings (SSSR count). The Morgan fingerprint density at radius 1 is 1.42 bits per heavy atom. The maximum atomic E-state index is 12.8. The second-order valence-corrected chi connectivity index (χ2v) is 2.36. The first-order chi connectivity index (χ1) is 5.65. The summed E-state index contributed by atoms with van der Waals surface area (Å²) in [5, 5.41) is 0. The van der Waals surface area contributed by atoms with E-state index < -0.39 is 17.9 Å². The van der Waals surface area contributed by atoms with Gasteiger partial charge in [0.25, 0.3) is 0 Å². The highest BCUT2D eigenvalue weighted by atomic mass is 19.1. The van der Waals surface area contributed by atoms with Gasteiger partial charge in [0.2, 0.25) is 11.9 Å². The number of hydrogen-bond donors (Lipinski definition) is 2. The minimum atomic E-state index is -0.895. The maximum absolute atomic E-state index is 12.8. The predicted molar refractivity (Wildman–Crippen MR) is 40.1 cm³/mol. The fraction of sp³-hybridized carbons (Fsp3) is 0.286. The van der Waals surface area contributed by atoms with E-state index in [0.717, 1.165) is 6.07 Å². The zero-order valence-corrected chi connectivity index (χ0v) is 6.30. The van der Waals surface area contributed by atoms with E-state index in [1.54, 1.807) is 0 Å². The third-order valence-electron chi connectivity index (χ3n) is 1.50. The summed E-state index contributed by atoms with van der Waals surface area (Å²) < 4.78 is 25.1. The molecule has 5 heteroatoms. The normalized spacial score (nSPS) is 13.0. The number of nitrogens with two attached hydrogens (primary N) is 2. The summed E-state index contributed by atoms with van der Waals surface area (Å²) in [6.45, 7) is 0.101. The molecule has 0 fully saturated rings. The van der Waals surface area contributed by atoms with Crippen LogP contribution in [0.3, 0.4) is 0 Å². The number of hydrogen-bond acceptors (Lipinski definition) is 3. The first-order valence-corrected chi connectivity index (χ1v) is 3.42. The molecular formula is C7H9F2N3. The molecule has 0 aliphatic rings. The number of pyridine rings is 1. The first-order valence-electron chi connectivity index (χ1n) is 3.42. The number of rotatable bonds is 2. The van der Waals surface area contributed by atoms with Crippen LogP contribution in [0.1, 0.15) is 11.6 Å². The molecule has 1 unspecified atom stereocenters. The van der Waals surface area contributed by atoms with Gasteiger partial charge in [-0.15, -0.1) is 0 Å². The third-order valence-corrected chi connectivity index (χ3v) is 1.50. The topological polar surface area (TPSA) is 64.9 Å². The predicted octanol–water partition coefficient (Wildman–Crippen LogP) is 0.318. The molecule has 1 heterocycles. The Labute approximate surface area is 68.4 Å². The van der Waals surface area contributed by atoms with Gasteiger partial charge in [-0.1, -0.05) is 0 Å². The summed E-state index contributed by atoms with van der Waals surface area (Å²) in [7, 11) is 0. The molecule has 0 saturated heterocycles. The van der Waals surface area contributed by atoms with Gasteiger partial charge in [0.1, 0.15) is 0 Å². The molecule has 12 heavy (non-hydrogen) atoms. The number of nitrogens with zero attached hydrogens (tertiary/aromatic N) is 1. The first kappa shape index (κ1) is 9.02. The van der Waals surface area contributed by atoms with E-state index in [2.05, 4.69) is 4.98 Å². The largest absolute Gasteiger partial charge is 0.329 e. The average Bonchev–Trinajstić information content (AvgIpc) is 2.03. The van der Waals surface area contributed by atoms with Gasteiger partial charge in [-0.25, -0.2) is 0 Å². The van der Waals surface area contributed by atoms with Crippen molar-refractivity contribution in [3.05, 3.63) is 29.6 Å². The Kier molecular flexibility index (Phi) is 2.67. The summed E-state index contributed by atoms with van der Waals surface area (Å²) in [5.74, 6) is -1.76. The van der Waals surface area contributed by atoms with Crippen molar-refractivity contribution >= 4 is 0 Å². The molecule has 66 valence electrons. The van der Waals surface area contributed by atoms with Crippen molar-refractivity contribution in [3.8, 4) is 0 Å².